The number of ether oxygens (including phenoxy) is 5. The van der Waals surface area contributed by atoms with Crippen LogP contribution in [0.2, 0.25) is 0 Å². The van der Waals surface area contributed by atoms with Gasteiger partial charge in [-0.15, -0.1) is 0 Å². The molecule has 1 heterocycles. The number of rotatable bonds is 12. The zero-order valence-corrected chi connectivity index (χ0v) is 24.1. The molecule has 1 aliphatic heterocycles. The highest BCUT2D eigenvalue weighted by Gasteiger charge is 2.51. The molecule has 1 aliphatic rings. The smallest absolute Gasteiger partial charge is 0.466 e. The van der Waals surface area contributed by atoms with Crippen molar-refractivity contribution in [3.8, 4) is 0 Å². The second-order valence-corrected chi connectivity index (χ2v) is 10.3. The molecule has 11 nitrogen and oxygen atoms in total. The normalized spacial score (nSPS) is 18.8. The molecule has 0 N–H and O–H groups in total. The van der Waals surface area contributed by atoms with E-state index in [9.17, 15) is 19.2 Å². The van der Waals surface area contributed by atoms with Crippen molar-refractivity contribution in [2.45, 2.75) is 97.4 Å². The van der Waals surface area contributed by atoms with Gasteiger partial charge in [-0.05, 0) is 38.7 Å². The monoisotopic (exact) mass is 550 g/mol. The third-order valence-electron chi connectivity index (χ3n) is 6.66. The Labute approximate surface area is 229 Å². The van der Waals surface area contributed by atoms with Crippen molar-refractivity contribution < 1.29 is 52.2 Å². The van der Waals surface area contributed by atoms with E-state index in [1.165, 1.54) is 34.8 Å². The molecule has 0 aromatic heterocycles. The van der Waals surface area contributed by atoms with Gasteiger partial charge < -0.3 is 33.0 Å². The minimum Gasteiger partial charge on any atom is -0.466 e. The molecule has 1 fully saturated rings. The summed E-state index contributed by atoms with van der Waals surface area (Å²) in [6.45, 7) is 12.5. The Morgan fingerprint density at radius 3 is 1.69 bits per heavy atom. The predicted octanol–water partition coefficient (Wildman–Crippen LogP) is 2.42. The van der Waals surface area contributed by atoms with Gasteiger partial charge in [-0.2, -0.15) is 0 Å². The summed E-state index contributed by atoms with van der Waals surface area (Å²) in [5.74, 6) is -2.57. The van der Waals surface area contributed by atoms with Crippen LogP contribution in [0.25, 0.3) is 0 Å². The fraction of sp³-hybridized carbons (Fsp3) is 0.630. The molecule has 0 amide bonds. The van der Waals surface area contributed by atoms with Gasteiger partial charge in [-0.25, -0.2) is 0 Å². The van der Waals surface area contributed by atoms with E-state index in [4.69, 9.17) is 33.0 Å². The van der Waals surface area contributed by atoms with Gasteiger partial charge in [0.2, 0.25) is 0 Å². The zero-order chi connectivity index (χ0) is 29.5. The molecule has 0 radical (unpaired) electrons. The Bertz CT molecular complexity index is 1010. The summed E-state index contributed by atoms with van der Waals surface area (Å²) >= 11 is 0. The van der Waals surface area contributed by atoms with Crippen molar-refractivity contribution in [1.29, 1.82) is 0 Å². The quantitative estimate of drug-likeness (QED) is 0.216. The minimum atomic E-state index is -1.28. The lowest BCUT2D eigenvalue weighted by atomic mass is 9.78. The summed E-state index contributed by atoms with van der Waals surface area (Å²) in [5, 5.41) is 0. The van der Waals surface area contributed by atoms with Crippen molar-refractivity contribution in [3.63, 3.8) is 0 Å². The largest absolute Gasteiger partial charge is 0.494 e. The minimum absolute atomic E-state index is 0.0217. The molecule has 2 rings (SSSR count). The first-order valence-corrected chi connectivity index (χ1v) is 12.7. The van der Waals surface area contributed by atoms with Gasteiger partial charge in [0.05, 0.1) is 17.8 Å². The number of esters is 4. The van der Waals surface area contributed by atoms with Crippen LogP contribution >= 0.6 is 0 Å². The van der Waals surface area contributed by atoms with E-state index < -0.39 is 66.6 Å². The van der Waals surface area contributed by atoms with Crippen LogP contribution in [0.1, 0.15) is 73.5 Å². The van der Waals surface area contributed by atoms with Crippen LogP contribution in [-0.4, -0.2) is 74.2 Å². The van der Waals surface area contributed by atoms with Crippen LogP contribution in [0.3, 0.4) is 0 Å². The standard InChI is InChI=1S/C27H39BO11/c1-16(29)34-15-14-22(35-17(2)30)24(36-18(3)31)25(37-19(4)32)23(33-9)20-10-12-21(13-11-20)28-38-26(5,6)27(7,8)39-28/h10-13,22-25H,14-15H2,1-9H3/t22-,23+,24?,25-/m1/s1. The van der Waals surface area contributed by atoms with Crippen LogP contribution in [0.5, 0.6) is 0 Å². The number of carbonyl (C=O) groups excluding carboxylic acids is 4. The SMILES string of the molecule is CO[C@@H](c1ccc(B2OC(C)(C)C(C)(C)O2)cc1)[C@@H](OC(C)=O)C(OC(C)=O)[C@@H](CCOC(C)=O)OC(C)=O. The van der Waals surface area contributed by atoms with E-state index >= 15 is 0 Å². The molecule has 0 spiro atoms. The van der Waals surface area contributed by atoms with E-state index in [2.05, 4.69) is 0 Å². The number of benzene rings is 1. The third kappa shape index (κ3) is 8.77. The molecule has 12 heteroatoms. The molecule has 4 atom stereocenters. The van der Waals surface area contributed by atoms with E-state index in [1.54, 1.807) is 24.3 Å². The molecule has 1 saturated heterocycles. The maximum atomic E-state index is 12.2. The molecule has 39 heavy (non-hydrogen) atoms. The first kappa shape index (κ1) is 32.3. The molecule has 1 aromatic carbocycles. The van der Waals surface area contributed by atoms with Crippen LogP contribution in [0.4, 0.5) is 0 Å². The Morgan fingerprint density at radius 1 is 0.769 bits per heavy atom. The summed E-state index contributed by atoms with van der Waals surface area (Å²) in [5.41, 5.74) is 0.330. The van der Waals surface area contributed by atoms with Gasteiger partial charge in [0.25, 0.3) is 0 Å². The van der Waals surface area contributed by atoms with Gasteiger partial charge in [0, 0.05) is 41.2 Å². The first-order chi connectivity index (χ1) is 18.1. The molecule has 1 aromatic rings. The van der Waals surface area contributed by atoms with Gasteiger partial charge in [-0.3, -0.25) is 19.2 Å². The van der Waals surface area contributed by atoms with Crippen molar-refractivity contribution in [2.24, 2.45) is 0 Å². The molecule has 0 aliphatic carbocycles. The van der Waals surface area contributed by atoms with E-state index in [1.807, 2.05) is 27.7 Å². The van der Waals surface area contributed by atoms with E-state index in [-0.39, 0.29) is 13.0 Å². The van der Waals surface area contributed by atoms with E-state index in [0.717, 1.165) is 5.46 Å². The summed E-state index contributed by atoms with van der Waals surface area (Å²) in [6.07, 6.45) is -4.57. The Morgan fingerprint density at radius 2 is 1.26 bits per heavy atom. The molecule has 0 bridgehead atoms. The number of hydrogen-bond acceptors (Lipinski definition) is 11. The van der Waals surface area contributed by atoms with Gasteiger partial charge in [-0.1, -0.05) is 24.3 Å². The van der Waals surface area contributed by atoms with Crippen LogP contribution in [0, 0.1) is 0 Å². The summed E-state index contributed by atoms with van der Waals surface area (Å²) in [4.78, 5) is 47.5. The highest BCUT2D eigenvalue weighted by Crippen LogP contribution is 2.37. The first-order valence-electron chi connectivity index (χ1n) is 12.7. The molecule has 216 valence electrons. The summed E-state index contributed by atoms with van der Waals surface area (Å²) < 4.78 is 39.5. The van der Waals surface area contributed by atoms with Gasteiger partial charge in [0.1, 0.15) is 12.2 Å². The highest BCUT2D eigenvalue weighted by atomic mass is 16.7. The molecule has 0 saturated carbocycles. The topological polar surface area (TPSA) is 133 Å². The Hall–Kier alpha value is -2.96. The van der Waals surface area contributed by atoms with Gasteiger partial charge in [0.15, 0.2) is 12.2 Å². The van der Waals surface area contributed by atoms with Crippen molar-refractivity contribution in [3.05, 3.63) is 29.8 Å². The zero-order valence-electron chi connectivity index (χ0n) is 24.1. The average Bonchev–Trinajstić information content (AvgIpc) is 3.03. The van der Waals surface area contributed by atoms with Crippen molar-refractivity contribution in [2.75, 3.05) is 13.7 Å². The Balaban J connectivity index is 2.44. The highest BCUT2D eigenvalue weighted by molar-refractivity contribution is 6.62. The predicted molar refractivity (Wildman–Crippen MR) is 140 cm³/mol. The van der Waals surface area contributed by atoms with Crippen molar-refractivity contribution >= 4 is 36.5 Å². The fourth-order valence-electron chi connectivity index (χ4n) is 4.14. The number of carbonyl (C=O) groups is 4. The summed E-state index contributed by atoms with van der Waals surface area (Å²) in [7, 11) is 0.825. The average molecular weight is 550 g/mol. The van der Waals surface area contributed by atoms with Gasteiger partial charge >= 0.3 is 31.0 Å². The van der Waals surface area contributed by atoms with Crippen LogP contribution < -0.4 is 5.46 Å². The third-order valence-corrected chi connectivity index (χ3v) is 6.66. The maximum absolute atomic E-state index is 12.2. The molecular weight excluding hydrogens is 511 g/mol. The molecular formula is C27H39BO11. The second-order valence-electron chi connectivity index (χ2n) is 10.3. The Kier molecular flexibility index (Phi) is 11.1. The number of hydrogen-bond donors (Lipinski definition) is 0. The van der Waals surface area contributed by atoms with E-state index in [0.29, 0.717) is 5.56 Å². The maximum Gasteiger partial charge on any atom is 0.494 e. The summed E-state index contributed by atoms with van der Waals surface area (Å²) in [6, 6.07) is 7.13. The molecule has 1 unspecified atom stereocenters. The van der Waals surface area contributed by atoms with Crippen molar-refractivity contribution in [1.82, 2.24) is 0 Å². The lowest BCUT2D eigenvalue weighted by molar-refractivity contribution is -0.196. The second kappa shape index (κ2) is 13.4. The number of methoxy groups -OCH3 is 1. The lowest BCUT2D eigenvalue weighted by Crippen LogP contribution is -2.48. The fourth-order valence-corrected chi connectivity index (χ4v) is 4.14. The lowest BCUT2D eigenvalue weighted by Gasteiger charge is -2.35. The van der Waals surface area contributed by atoms with Crippen LogP contribution in [-0.2, 0) is 52.2 Å². The van der Waals surface area contributed by atoms with Crippen LogP contribution in [0.15, 0.2) is 24.3 Å².